The zero-order chi connectivity index (χ0) is 15.4. The predicted octanol–water partition coefficient (Wildman–Crippen LogP) is 1.16. The first-order valence-corrected chi connectivity index (χ1v) is 9.53. The van der Waals surface area contributed by atoms with E-state index in [1.54, 1.807) is 16.2 Å². The molecule has 3 heterocycles. The van der Waals surface area contributed by atoms with E-state index in [1.807, 2.05) is 6.07 Å². The summed E-state index contributed by atoms with van der Waals surface area (Å²) in [6.45, 7) is 7.10. The summed E-state index contributed by atoms with van der Waals surface area (Å²) in [7, 11) is 0. The molecule has 1 aromatic heterocycles. The Kier molecular flexibility index (Phi) is 5.93. The molecule has 0 saturated carbocycles. The third-order valence-corrected chi connectivity index (χ3v) is 5.95. The molecule has 0 bridgehead atoms. The number of halogens is 1. The summed E-state index contributed by atoms with van der Waals surface area (Å²) < 4.78 is 6.50. The van der Waals surface area contributed by atoms with Crippen LogP contribution in [0.15, 0.2) is 12.1 Å². The van der Waals surface area contributed by atoms with Gasteiger partial charge in [0.15, 0.2) is 5.11 Å². The summed E-state index contributed by atoms with van der Waals surface area (Å²) in [5, 5.41) is 4.25. The third kappa shape index (κ3) is 4.55. The van der Waals surface area contributed by atoms with Gasteiger partial charge in [-0.25, -0.2) is 0 Å². The van der Waals surface area contributed by atoms with Crippen molar-refractivity contribution in [3.8, 4) is 0 Å². The summed E-state index contributed by atoms with van der Waals surface area (Å²) in [6.07, 6.45) is 2.67. The first kappa shape index (κ1) is 16.5. The summed E-state index contributed by atoms with van der Waals surface area (Å²) in [4.78, 5) is 5.26. The van der Waals surface area contributed by atoms with Gasteiger partial charge in [-0.1, -0.05) is 11.6 Å². The second-order valence-electron chi connectivity index (χ2n) is 5.94. The van der Waals surface area contributed by atoms with Crippen LogP contribution in [0.2, 0.25) is 4.34 Å². The molecule has 0 spiro atoms. The van der Waals surface area contributed by atoms with Gasteiger partial charge in [0.2, 0.25) is 0 Å². The molecule has 2 aliphatic heterocycles. The smallest absolute Gasteiger partial charge is 0.169 e. The quantitative estimate of drug-likeness (QED) is 0.788. The van der Waals surface area contributed by atoms with Crippen molar-refractivity contribution in [2.75, 3.05) is 39.3 Å². The highest BCUT2D eigenvalue weighted by atomic mass is 35.5. The number of ether oxygens (including phenoxy) is 1. The van der Waals surface area contributed by atoms with Gasteiger partial charge in [0.1, 0.15) is 6.54 Å². The number of rotatable bonds is 4. The van der Waals surface area contributed by atoms with E-state index in [1.165, 1.54) is 11.3 Å². The number of piperazine rings is 1. The summed E-state index contributed by atoms with van der Waals surface area (Å²) in [5.74, 6) is 0. The van der Waals surface area contributed by atoms with Crippen molar-refractivity contribution in [3.63, 3.8) is 0 Å². The van der Waals surface area contributed by atoms with Crippen LogP contribution in [0, 0.1) is 0 Å². The topological polar surface area (TPSA) is 28.9 Å². The van der Waals surface area contributed by atoms with Crippen LogP contribution in [-0.4, -0.2) is 55.4 Å². The number of quaternary nitrogens is 1. The largest absolute Gasteiger partial charge is 0.376 e. The fraction of sp³-hybridized carbons (Fsp3) is 0.667. The van der Waals surface area contributed by atoms with Gasteiger partial charge in [-0.05, 0) is 37.2 Å². The highest BCUT2D eigenvalue weighted by Gasteiger charge is 2.23. The Morgan fingerprint density at radius 1 is 1.45 bits per heavy atom. The van der Waals surface area contributed by atoms with E-state index in [0.29, 0.717) is 6.10 Å². The molecule has 2 aliphatic rings. The van der Waals surface area contributed by atoms with Crippen molar-refractivity contribution in [1.82, 2.24) is 10.2 Å². The molecule has 122 valence electrons. The Morgan fingerprint density at radius 2 is 2.27 bits per heavy atom. The van der Waals surface area contributed by atoms with Crippen molar-refractivity contribution in [3.05, 3.63) is 21.3 Å². The standard InChI is InChI=1S/C15H22ClN3OS2/c16-14-4-3-13(22-14)11-18-5-7-19(8-6-18)15(21)17-10-12-2-1-9-20-12/h3-4,12H,1-2,5-11H2,(H,17,21)/p+1/t12-/m0/s1. The van der Waals surface area contributed by atoms with Crippen LogP contribution in [0.1, 0.15) is 17.7 Å². The van der Waals surface area contributed by atoms with E-state index in [9.17, 15) is 0 Å². The molecule has 2 fully saturated rings. The number of thiocarbonyl (C=S) groups is 1. The SMILES string of the molecule is S=C(NC[C@@H]1CCCO1)N1CC[NH+](Cc2ccc(Cl)s2)CC1. The molecule has 3 rings (SSSR count). The number of thiophene rings is 1. The molecule has 1 aromatic rings. The van der Waals surface area contributed by atoms with Crippen molar-refractivity contribution >= 4 is 40.3 Å². The lowest BCUT2D eigenvalue weighted by atomic mass is 10.2. The van der Waals surface area contributed by atoms with Gasteiger partial charge >= 0.3 is 0 Å². The number of hydrogen-bond donors (Lipinski definition) is 2. The Bertz CT molecular complexity index is 497. The number of hydrogen-bond acceptors (Lipinski definition) is 3. The lowest BCUT2D eigenvalue weighted by molar-refractivity contribution is -0.917. The summed E-state index contributed by atoms with van der Waals surface area (Å²) >= 11 is 13.2. The van der Waals surface area contributed by atoms with Crippen molar-refractivity contribution < 1.29 is 9.64 Å². The van der Waals surface area contributed by atoms with Crippen LogP contribution in [-0.2, 0) is 11.3 Å². The summed E-state index contributed by atoms with van der Waals surface area (Å²) in [6, 6.07) is 4.13. The molecule has 2 N–H and O–H groups in total. The molecule has 0 aliphatic carbocycles. The maximum absolute atomic E-state index is 6.00. The van der Waals surface area contributed by atoms with E-state index in [2.05, 4.69) is 16.3 Å². The van der Waals surface area contributed by atoms with Gasteiger partial charge in [0, 0.05) is 13.2 Å². The van der Waals surface area contributed by atoms with E-state index in [0.717, 1.165) is 61.7 Å². The second kappa shape index (κ2) is 7.93. The molecular weight excluding hydrogens is 338 g/mol. The molecule has 0 unspecified atom stereocenters. The average Bonchev–Trinajstić information content (AvgIpc) is 3.17. The van der Waals surface area contributed by atoms with Gasteiger partial charge in [-0.2, -0.15) is 0 Å². The Balaban J connectivity index is 1.38. The van der Waals surface area contributed by atoms with Crippen LogP contribution in [0.25, 0.3) is 0 Å². The fourth-order valence-corrected chi connectivity index (χ4v) is 4.44. The van der Waals surface area contributed by atoms with Gasteiger partial charge in [-0.15, -0.1) is 11.3 Å². The minimum atomic E-state index is 0.341. The maximum atomic E-state index is 6.00. The molecule has 7 heteroatoms. The van der Waals surface area contributed by atoms with Crippen LogP contribution < -0.4 is 10.2 Å². The first-order valence-electron chi connectivity index (χ1n) is 7.93. The van der Waals surface area contributed by atoms with Crippen molar-refractivity contribution in [2.24, 2.45) is 0 Å². The van der Waals surface area contributed by atoms with Gasteiger partial charge < -0.3 is 19.9 Å². The van der Waals surface area contributed by atoms with Crippen LogP contribution in [0.3, 0.4) is 0 Å². The molecule has 0 aromatic carbocycles. The molecule has 1 atom stereocenters. The van der Waals surface area contributed by atoms with Crippen LogP contribution >= 0.6 is 35.2 Å². The lowest BCUT2D eigenvalue weighted by Gasteiger charge is -2.34. The maximum Gasteiger partial charge on any atom is 0.169 e. The fourth-order valence-electron chi connectivity index (χ4n) is 3.01. The Labute approximate surface area is 146 Å². The first-order chi connectivity index (χ1) is 10.7. The summed E-state index contributed by atoms with van der Waals surface area (Å²) in [5.41, 5.74) is 0. The monoisotopic (exact) mass is 360 g/mol. The van der Waals surface area contributed by atoms with E-state index < -0.39 is 0 Å². The normalized spacial score (nSPS) is 23.0. The lowest BCUT2D eigenvalue weighted by Crippen LogP contribution is -3.13. The zero-order valence-corrected chi connectivity index (χ0v) is 15.0. The van der Waals surface area contributed by atoms with Crippen LogP contribution in [0.5, 0.6) is 0 Å². The molecule has 4 nitrogen and oxygen atoms in total. The predicted molar refractivity (Wildman–Crippen MR) is 94.9 cm³/mol. The molecular formula is C15H23ClN3OS2+. The molecule has 0 amide bonds. The van der Waals surface area contributed by atoms with Gasteiger partial charge in [-0.3, -0.25) is 0 Å². The number of nitrogens with zero attached hydrogens (tertiary/aromatic N) is 1. The second-order valence-corrected chi connectivity index (χ2v) is 8.13. The van der Waals surface area contributed by atoms with E-state index in [-0.39, 0.29) is 0 Å². The third-order valence-electron chi connectivity index (χ3n) is 4.32. The minimum absolute atomic E-state index is 0.341. The van der Waals surface area contributed by atoms with Gasteiger partial charge in [0.05, 0.1) is 41.5 Å². The van der Waals surface area contributed by atoms with E-state index in [4.69, 9.17) is 28.6 Å². The van der Waals surface area contributed by atoms with E-state index >= 15 is 0 Å². The molecule has 0 radical (unpaired) electrons. The van der Waals surface area contributed by atoms with Crippen LogP contribution in [0.4, 0.5) is 0 Å². The van der Waals surface area contributed by atoms with Gasteiger partial charge in [0.25, 0.3) is 0 Å². The minimum Gasteiger partial charge on any atom is -0.376 e. The number of nitrogens with one attached hydrogen (secondary N) is 2. The highest BCUT2D eigenvalue weighted by molar-refractivity contribution is 7.80. The molecule has 2 saturated heterocycles. The highest BCUT2D eigenvalue weighted by Crippen LogP contribution is 2.20. The van der Waals surface area contributed by atoms with Crippen molar-refractivity contribution in [2.45, 2.75) is 25.5 Å². The molecule has 22 heavy (non-hydrogen) atoms. The average molecular weight is 361 g/mol. The zero-order valence-electron chi connectivity index (χ0n) is 12.6. The Morgan fingerprint density at radius 3 is 2.91 bits per heavy atom. The Hall–Kier alpha value is -0.400. The van der Waals surface area contributed by atoms with Crippen molar-refractivity contribution in [1.29, 1.82) is 0 Å².